The van der Waals surface area contributed by atoms with E-state index in [9.17, 15) is 0 Å². The van der Waals surface area contributed by atoms with Crippen molar-refractivity contribution in [3.63, 3.8) is 0 Å². The smallest absolute Gasteiger partial charge is 0.189 e. The largest absolute Gasteiger partial charge is 0.493 e. The van der Waals surface area contributed by atoms with Crippen LogP contribution in [0, 0.1) is 0 Å². The van der Waals surface area contributed by atoms with Crippen molar-refractivity contribution in [2.24, 2.45) is 10.7 Å². The van der Waals surface area contributed by atoms with Crippen LogP contribution in [0.25, 0.3) is 0 Å². The Morgan fingerprint density at radius 2 is 2.12 bits per heavy atom. The Labute approximate surface area is 154 Å². The summed E-state index contributed by atoms with van der Waals surface area (Å²) in [7, 11) is 1.63. The van der Waals surface area contributed by atoms with E-state index in [-0.39, 0.29) is 6.04 Å². The lowest BCUT2D eigenvalue weighted by atomic mass is 10.0. The molecule has 0 fully saturated rings. The number of para-hydroxylation sites is 1. The second kappa shape index (κ2) is 8.47. The first-order valence-corrected chi connectivity index (χ1v) is 8.79. The molecule has 26 heavy (non-hydrogen) atoms. The lowest BCUT2D eigenvalue weighted by molar-refractivity contribution is 0.262. The van der Waals surface area contributed by atoms with Gasteiger partial charge in [-0.15, -0.1) is 0 Å². The lowest BCUT2D eigenvalue weighted by Gasteiger charge is -2.26. The highest BCUT2D eigenvalue weighted by atomic mass is 16.5. The van der Waals surface area contributed by atoms with E-state index >= 15 is 0 Å². The Morgan fingerprint density at radius 1 is 1.27 bits per heavy atom. The molecule has 1 aliphatic heterocycles. The number of fused-ring (bicyclic) bond motifs is 1. The molecule has 0 aromatic heterocycles. The highest BCUT2D eigenvalue weighted by molar-refractivity contribution is 5.78. The zero-order chi connectivity index (χ0) is 18.4. The van der Waals surface area contributed by atoms with Gasteiger partial charge in [-0.25, -0.2) is 4.99 Å². The second-order valence-electron chi connectivity index (χ2n) is 5.99. The summed E-state index contributed by atoms with van der Waals surface area (Å²) < 4.78 is 16.6. The van der Waals surface area contributed by atoms with Crippen molar-refractivity contribution in [3.05, 3.63) is 53.6 Å². The molecule has 3 N–H and O–H groups in total. The van der Waals surface area contributed by atoms with Crippen LogP contribution >= 0.6 is 0 Å². The Morgan fingerprint density at radius 3 is 2.92 bits per heavy atom. The van der Waals surface area contributed by atoms with Gasteiger partial charge < -0.3 is 25.3 Å². The van der Waals surface area contributed by atoms with Crippen LogP contribution in [-0.2, 0) is 6.54 Å². The zero-order valence-electron chi connectivity index (χ0n) is 15.2. The van der Waals surface area contributed by atoms with Crippen molar-refractivity contribution in [3.8, 4) is 17.2 Å². The summed E-state index contributed by atoms with van der Waals surface area (Å²) in [6.07, 6.45) is 0.851. The molecule has 1 atom stereocenters. The first-order chi connectivity index (χ1) is 12.7. The highest BCUT2D eigenvalue weighted by Crippen LogP contribution is 2.31. The Balaban J connectivity index is 1.67. The average molecular weight is 355 g/mol. The van der Waals surface area contributed by atoms with Crippen LogP contribution in [0.5, 0.6) is 17.2 Å². The summed E-state index contributed by atoms with van der Waals surface area (Å²) in [5.74, 6) is 2.75. The van der Waals surface area contributed by atoms with Gasteiger partial charge in [0.05, 0.1) is 32.9 Å². The standard InChI is InChI=1S/C20H25N3O3/c1-3-25-19-12-14(8-9-18(19)24-2)13-22-20(21)23-16-10-11-26-17-7-5-4-6-15(16)17/h4-9,12,16H,3,10-11,13H2,1-2H3,(H3,21,22,23). The average Bonchev–Trinajstić information content (AvgIpc) is 2.67. The third-order valence-electron chi connectivity index (χ3n) is 4.24. The minimum atomic E-state index is 0.110. The number of methoxy groups -OCH3 is 1. The molecule has 0 radical (unpaired) electrons. The van der Waals surface area contributed by atoms with E-state index in [0.29, 0.717) is 37.2 Å². The van der Waals surface area contributed by atoms with Crippen LogP contribution in [0.4, 0.5) is 0 Å². The normalized spacial score (nSPS) is 16.4. The predicted octanol–water partition coefficient (Wildman–Crippen LogP) is 3.02. The third kappa shape index (κ3) is 4.20. The van der Waals surface area contributed by atoms with Crippen molar-refractivity contribution >= 4 is 5.96 Å². The van der Waals surface area contributed by atoms with E-state index in [2.05, 4.69) is 16.4 Å². The zero-order valence-corrected chi connectivity index (χ0v) is 15.2. The number of hydrogen-bond acceptors (Lipinski definition) is 4. The monoisotopic (exact) mass is 355 g/mol. The highest BCUT2D eigenvalue weighted by Gasteiger charge is 2.21. The molecule has 1 unspecified atom stereocenters. The van der Waals surface area contributed by atoms with Gasteiger partial charge >= 0.3 is 0 Å². The Bertz CT molecular complexity index is 777. The van der Waals surface area contributed by atoms with E-state index in [1.54, 1.807) is 7.11 Å². The number of nitrogens with one attached hydrogen (secondary N) is 1. The van der Waals surface area contributed by atoms with E-state index in [1.165, 1.54) is 0 Å². The fourth-order valence-electron chi connectivity index (χ4n) is 2.98. The molecular weight excluding hydrogens is 330 g/mol. The molecule has 1 aliphatic rings. The van der Waals surface area contributed by atoms with Gasteiger partial charge in [0.1, 0.15) is 5.75 Å². The van der Waals surface area contributed by atoms with Crippen LogP contribution in [0.2, 0.25) is 0 Å². The first kappa shape index (κ1) is 17.9. The first-order valence-electron chi connectivity index (χ1n) is 8.79. The summed E-state index contributed by atoms with van der Waals surface area (Å²) in [6, 6.07) is 13.9. The molecule has 3 rings (SSSR count). The van der Waals surface area contributed by atoms with Gasteiger partial charge in [0, 0.05) is 12.0 Å². The number of nitrogens with two attached hydrogens (primary N) is 1. The van der Waals surface area contributed by atoms with E-state index in [1.807, 2.05) is 43.3 Å². The maximum absolute atomic E-state index is 6.10. The maximum Gasteiger partial charge on any atom is 0.189 e. The summed E-state index contributed by atoms with van der Waals surface area (Å²) >= 11 is 0. The molecule has 6 heteroatoms. The number of aliphatic imine (C=N–C) groups is 1. The number of hydrogen-bond donors (Lipinski definition) is 2. The van der Waals surface area contributed by atoms with Gasteiger partial charge in [0.15, 0.2) is 17.5 Å². The molecule has 2 aromatic carbocycles. The summed E-state index contributed by atoms with van der Waals surface area (Å²) in [5.41, 5.74) is 8.22. The molecule has 0 spiro atoms. The number of guanidine groups is 1. The van der Waals surface area contributed by atoms with Gasteiger partial charge in [0.25, 0.3) is 0 Å². The summed E-state index contributed by atoms with van der Waals surface area (Å²) in [4.78, 5) is 4.46. The summed E-state index contributed by atoms with van der Waals surface area (Å²) in [5, 5.41) is 3.30. The van der Waals surface area contributed by atoms with Crippen molar-refractivity contribution in [2.45, 2.75) is 25.9 Å². The molecular formula is C20H25N3O3. The van der Waals surface area contributed by atoms with E-state index in [4.69, 9.17) is 19.9 Å². The van der Waals surface area contributed by atoms with Gasteiger partial charge in [-0.05, 0) is 30.7 Å². The van der Waals surface area contributed by atoms with Crippen molar-refractivity contribution in [2.75, 3.05) is 20.3 Å². The van der Waals surface area contributed by atoms with Crippen LogP contribution in [0.15, 0.2) is 47.5 Å². The predicted molar refractivity (Wildman–Crippen MR) is 102 cm³/mol. The Hall–Kier alpha value is -2.89. The number of benzene rings is 2. The van der Waals surface area contributed by atoms with Crippen LogP contribution in [0.1, 0.15) is 30.5 Å². The van der Waals surface area contributed by atoms with Gasteiger partial charge in [-0.1, -0.05) is 24.3 Å². The molecule has 0 bridgehead atoms. The fraction of sp³-hybridized carbons (Fsp3) is 0.350. The topological polar surface area (TPSA) is 78.1 Å². The molecule has 138 valence electrons. The van der Waals surface area contributed by atoms with Crippen molar-refractivity contribution < 1.29 is 14.2 Å². The van der Waals surface area contributed by atoms with Gasteiger partial charge in [-0.3, -0.25) is 0 Å². The minimum Gasteiger partial charge on any atom is -0.493 e. The van der Waals surface area contributed by atoms with E-state index in [0.717, 1.165) is 23.3 Å². The molecule has 0 saturated carbocycles. The van der Waals surface area contributed by atoms with Crippen molar-refractivity contribution in [1.82, 2.24) is 5.32 Å². The van der Waals surface area contributed by atoms with Crippen LogP contribution in [-0.4, -0.2) is 26.3 Å². The molecule has 1 heterocycles. The third-order valence-corrected chi connectivity index (χ3v) is 4.24. The SMILES string of the molecule is CCOc1cc(CN=C(N)NC2CCOc3ccccc32)ccc1OC. The van der Waals surface area contributed by atoms with Crippen LogP contribution < -0.4 is 25.3 Å². The van der Waals surface area contributed by atoms with Crippen molar-refractivity contribution in [1.29, 1.82) is 0 Å². The quantitative estimate of drug-likeness (QED) is 0.615. The fourth-order valence-corrected chi connectivity index (χ4v) is 2.98. The van der Waals surface area contributed by atoms with Crippen LogP contribution in [0.3, 0.4) is 0 Å². The molecule has 2 aromatic rings. The maximum atomic E-state index is 6.10. The molecule has 0 saturated heterocycles. The minimum absolute atomic E-state index is 0.110. The molecule has 0 aliphatic carbocycles. The Kier molecular flexibility index (Phi) is 5.84. The lowest BCUT2D eigenvalue weighted by Crippen LogP contribution is -2.37. The second-order valence-corrected chi connectivity index (χ2v) is 5.99. The number of rotatable bonds is 6. The summed E-state index contributed by atoms with van der Waals surface area (Å²) in [6.45, 7) is 3.65. The van der Waals surface area contributed by atoms with Gasteiger partial charge in [0.2, 0.25) is 0 Å². The number of ether oxygens (including phenoxy) is 3. The molecule has 0 amide bonds. The van der Waals surface area contributed by atoms with E-state index < -0.39 is 0 Å². The molecule has 6 nitrogen and oxygen atoms in total. The number of nitrogens with zero attached hydrogens (tertiary/aromatic N) is 1. The van der Waals surface area contributed by atoms with Gasteiger partial charge in [-0.2, -0.15) is 0 Å².